The van der Waals surface area contributed by atoms with Crippen molar-refractivity contribution in [3.05, 3.63) is 22.9 Å². The van der Waals surface area contributed by atoms with Gasteiger partial charge in [0, 0.05) is 11.2 Å². The van der Waals surface area contributed by atoms with Crippen LogP contribution in [0, 0.1) is 0 Å². The second-order valence-corrected chi connectivity index (χ2v) is 6.38. The number of nitrogens with two attached hydrogens (primary N) is 1. The van der Waals surface area contributed by atoms with Crippen LogP contribution in [-0.2, 0) is 12.8 Å². The van der Waals surface area contributed by atoms with Gasteiger partial charge < -0.3 is 11.1 Å². The molecule has 2 rings (SSSR count). The zero-order valence-corrected chi connectivity index (χ0v) is 12.2. The molecule has 0 saturated heterocycles. The van der Waals surface area contributed by atoms with Gasteiger partial charge in [0.05, 0.1) is 5.56 Å². The number of thiocarbonyl (C=S) groups is 1. The second-order valence-electron chi connectivity index (χ2n) is 5.94. The molecule has 1 aromatic rings. The van der Waals surface area contributed by atoms with Gasteiger partial charge in [0.25, 0.3) is 0 Å². The summed E-state index contributed by atoms with van der Waals surface area (Å²) in [6, 6.07) is 2.12. The second kappa shape index (κ2) is 4.84. The summed E-state index contributed by atoms with van der Waals surface area (Å²) in [5, 5.41) is 3.40. The molecule has 3 nitrogen and oxygen atoms in total. The summed E-state index contributed by atoms with van der Waals surface area (Å²) < 4.78 is 0. The smallest absolute Gasteiger partial charge is 0.136 e. The molecule has 0 spiro atoms. The van der Waals surface area contributed by atoms with Crippen LogP contribution in [0.1, 0.15) is 50.4 Å². The fourth-order valence-electron chi connectivity index (χ4n) is 2.27. The van der Waals surface area contributed by atoms with Gasteiger partial charge in [-0.25, -0.2) is 4.98 Å². The molecule has 0 unspecified atom stereocenters. The van der Waals surface area contributed by atoms with Gasteiger partial charge in [-0.3, -0.25) is 0 Å². The van der Waals surface area contributed by atoms with Crippen molar-refractivity contribution >= 4 is 23.0 Å². The first kappa shape index (κ1) is 13.3. The van der Waals surface area contributed by atoms with Crippen molar-refractivity contribution in [1.29, 1.82) is 0 Å². The van der Waals surface area contributed by atoms with Gasteiger partial charge >= 0.3 is 0 Å². The molecule has 0 bridgehead atoms. The lowest BCUT2D eigenvalue weighted by Gasteiger charge is -2.25. The van der Waals surface area contributed by atoms with E-state index in [9.17, 15) is 0 Å². The van der Waals surface area contributed by atoms with E-state index in [1.54, 1.807) is 0 Å². The van der Waals surface area contributed by atoms with Crippen LogP contribution in [-0.4, -0.2) is 15.5 Å². The number of aryl methyl sites for hydroxylation is 2. The molecule has 1 aliphatic carbocycles. The molecule has 0 radical (unpaired) electrons. The first-order valence-corrected chi connectivity index (χ1v) is 6.88. The third-order valence-electron chi connectivity index (χ3n) is 3.06. The van der Waals surface area contributed by atoms with Crippen LogP contribution in [0.15, 0.2) is 6.07 Å². The highest BCUT2D eigenvalue weighted by atomic mass is 32.1. The van der Waals surface area contributed by atoms with E-state index in [0.717, 1.165) is 24.2 Å². The molecular weight excluding hydrogens is 242 g/mol. The molecule has 0 aromatic carbocycles. The molecule has 1 aliphatic rings. The average molecular weight is 263 g/mol. The molecule has 0 aliphatic heterocycles. The van der Waals surface area contributed by atoms with Crippen LogP contribution in [0.2, 0.25) is 0 Å². The predicted octanol–water partition coefficient (Wildman–Crippen LogP) is 2.81. The molecule has 18 heavy (non-hydrogen) atoms. The number of hydrogen-bond donors (Lipinski definition) is 2. The number of nitrogens with one attached hydrogen (secondary N) is 1. The minimum Gasteiger partial charge on any atom is -0.389 e. The van der Waals surface area contributed by atoms with Crippen molar-refractivity contribution in [2.45, 2.75) is 52.0 Å². The Bertz CT molecular complexity index is 475. The van der Waals surface area contributed by atoms with E-state index in [1.807, 2.05) is 0 Å². The number of nitrogens with zero attached hydrogens (tertiary/aromatic N) is 1. The van der Waals surface area contributed by atoms with E-state index in [-0.39, 0.29) is 5.54 Å². The monoisotopic (exact) mass is 263 g/mol. The molecule has 98 valence electrons. The predicted molar refractivity (Wildman–Crippen MR) is 80.1 cm³/mol. The summed E-state index contributed by atoms with van der Waals surface area (Å²) in [5.74, 6) is 0.829. The highest BCUT2D eigenvalue weighted by Gasteiger charge is 2.19. The van der Waals surface area contributed by atoms with Crippen LogP contribution in [0.5, 0.6) is 0 Å². The fraction of sp³-hybridized carbons (Fsp3) is 0.571. The Balaban J connectivity index is 2.45. The van der Waals surface area contributed by atoms with Crippen molar-refractivity contribution in [1.82, 2.24) is 4.98 Å². The third-order valence-corrected chi connectivity index (χ3v) is 3.28. The topological polar surface area (TPSA) is 50.9 Å². The highest BCUT2D eigenvalue weighted by Crippen LogP contribution is 2.26. The van der Waals surface area contributed by atoms with Gasteiger partial charge in [-0.15, -0.1) is 0 Å². The van der Waals surface area contributed by atoms with Crippen molar-refractivity contribution in [3.63, 3.8) is 0 Å². The van der Waals surface area contributed by atoms with Crippen LogP contribution < -0.4 is 11.1 Å². The largest absolute Gasteiger partial charge is 0.389 e. The van der Waals surface area contributed by atoms with Crippen molar-refractivity contribution in [2.24, 2.45) is 5.73 Å². The lowest BCUT2D eigenvalue weighted by atomic mass is 9.94. The Hall–Kier alpha value is -1.16. The Morgan fingerprint density at radius 2 is 2.00 bits per heavy atom. The number of anilines is 1. The summed E-state index contributed by atoms with van der Waals surface area (Å²) in [6.45, 7) is 6.33. The third kappa shape index (κ3) is 2.99. The van der Waals surface area contributed by atoms with Gasteiger partial charge in [0.15, 0.2) is 0 Å². The Morgan fingerprint density at radius 3 is 2.61 bits per heavy atom. The summed E-state index contributed by atoms with van der Waals surface area (Å²) in [4.78, 5) is 5.16. The Kier molecular flexibility index (Phi) is 3.57. The maximum atomic E-state index is 5.82. The fourth-order valence-corrected chi connectivity index (χ4v) is 2.43. The van der Waals surface area contributed by atoms with Gasteiger partial charge in [0.2, 0.25) is 0 Å². The van der Waals surface area contributed by atoms with Crippen LogP contribution in [0.4, 0.5) is 5.82 Å². The first-order chi connectivity index (χ1) is 8.37. The average Bonchev–Trinajstić information content (AvgIpc) is 2.25. The van der Waals surface area contributed by atoms with Gasteiger partial charge in [-0.1, -0.05) is 12.2 Å². The van der Waals surface area contributed by atoms with Crippen molar-refractivity contribution < 1.29 is 0 Å². The normalized spacial score (nSPS) is 15.1. The lowest BCUT2D eigenvalue weighted by molar-refractivity contribution is 0.624. The molecule has 0 atom stereocenters. The number of rotatable bonds is 2. The van der Waals surface area contributed by atoms with Crippen molar-refractivity contribution in [2.75, 3.05) is 5.32 Å². The lowest BCUT2D eigenvalue weighted by Crippen LogP contribution is -2.29. The van der Waals surface area contributed by atoms with E-state index < -0.39 is 0 Å². The minimum absolute atomic E-state index is 0.0462. The summed E-state index contributed by atoms with van der Waals surface area (Å²) >= 11 is 5.14. The minimum atomic E-state index is -0.0462. The molecule has 1 heterocycles. The standard InChI is InChI=1S/C14H21N3S/c1-14(2,3)17-13-10(12(15)18)8-9-6-4-5-7-11(9)16-13/h8H,4-7H2,1-3H3,(H2,15,18)(H,16,17). The summed E-state index contributed by atoms with van der Waals surface area (Å²) in [5.41, 5.74) is 9.16. The molecule has 0 saturated carbocycles. The van der Waals surface area contributed by atoms with Crippen LogP contribution in [0.25, 0.3) is 0 Å². The molecule has 0 fully saturated rings. The molecular formula is C14H21N3S. The van der Waals surface area contributed by atoms with Crippen LogP contribution in [0.3, 0.4) is 0 Å². The maximum absolute atomic E-state index is 5.82. The number of hydrogen-bond acceptors (Lipinski definition) is 3. The van der Waals surface area contributed by atoms with Crippen molar-refractivity contribution in [3.8, 4) is 0 Å². The Morgan fingerprint density at radius 1 is 1.33 bits per heavy atom. The van der Waals surface area contributed by atoms with Crippen LogP contribution >= 0.6 is 12.2 Å². The van der Waals surface area contributed by atoms with E-state index in [2.05, 4.69) is 32.2 Å². The maximum Gasteiger partial charge on any atom is 0.136 e. The zero-order chi connectivity index (χ0) is 13.3. The quantitative estimate of drug-likeness (QED) is 0.806. The van der Waals surface area contributed by atoms with Gasteiger partial charge in [0.1, 0.15) is 10.8 Å². The Labute approximate surface area is 114 Å². The first-order valence-electron chi connectivity index (χ1n) is 6.47. The number of pyridine rings is 1. The number of fused-ring (bicyclic) bond motifs is 1. The molecule has 1 aromatic heterocycles. The summed E-state index contributed by atoms with van der Waals surface area (Å²) in [7, 11) is 0. The molecule has 3 N–H and O–H groups in total. The van der Waals surface area contributed by atoms with E-state index >= 15 is 0 Å². The molecule has 0 amide bonds. The van der Waals surface area contributed by atoms with Gasteiger partial charge in [-0.2, -0.15) is 0 Å². The number of aromatic nitrogens is 1. The molecule has 4 heteroatoms. The zero-order valence-electron chi connectivity index (χ0n) is 11.3. The highest BCUT2D eigenvalue weighted by molar-refractivity contribution is 7.80. The van der Waals surface area contributed by atoms with E-state index in [1.165, 1.54) is 24.1 Å². The van der Waals surface area contributed by atoms with E-state index in [4.69, 9.17) is 22.9 Å². The van der Waals surface area contributed by atoms with E-state index in [0.29, 0.717) is 4.99 Å². The summed E-state index contributed by atoms with van der Waals surface area (Å²) in [6.07, 6.45) is 4.61. The SMILES string of the molecule is CC(C)(C)Nc1nc2c(cc1C(N)=S)CCCC2. The van der Waals surface area contributed by atoms with Gasteiger partial charge in [-0.05, 0) is 58.1 Å².